The Labute approximate surface area is 99.1 Å². The quantitative estimate of drug-likeness (QED) is 0.718. The summed E-state index contributed by atoms with van der Waals surface area (Å²) < 4.78 is 25.9. The Morgan fingerprint density at radius 2 is 2.24 bits per heavy atom. The van der Waals surface area contributed by atoms with E-state index in [9.17, 15) is 13.2 Å². The predicted molar refractivity (Wildman–Crippen MR) is 59.9 cm³/mol. The zero-order valence-electron chi connectivity index (χ0n) is 9.14. The molecule has 0 spiro atoms. The third-order valence-corrected chi connectivity index (χ3v) is 4.64. The first-order chi connectivity index (χ1) is 7.96. The number of sulfonamides is 1. The highest BCUT2D eigenvalue weighted by atomic mass is 32.2. The van der Waals surface area contributed by atoms with Gasteiger partial charge in [-0.05, 0) is 18.9 Å². The number of aliphatic carboxylic acids is 1. The number of H-pyrrole nitrogens is 1. The maximum absolute atomic E-state index is 11.8. The minimum absolute atomic E-state index is 0.0458. The lowest BCUT2D eigenvalue weighted by molar-refractivity contribution is -0.153. The highest BCUT2D eigenvalue weighted by Gasteiger charge is 2.44. The van der Waals surface area contributed by atoms with Crippen molar-refractivity contribution in [1.82, 2.24) is 9.71 Å². The van der Waals surface area contributed by atoms with Crippen molar-refractivity contribution in [2.45, 2.75) is 24.2 Å². The second-order valence-corrected chi connectivity index (χ2v) is 6.08. The van der Waals surface area contributed by atoms with Gasteiger partial charge in [-0.15, -0.1) is 0 Å². The van der Waals surface area contributed by atoms with Crippen molar-refractivity contribution in [3.63, 3.8) is 0 Å². The van der Waals surface area contributed by atoms with Crippen LogP contribution in [0.5, 0.6) is 0 Å². The minimum Gasteiger partial charge on any atom is -0.481 e. The van der Waals surface area contributed by atoms with Crippen molar-refractivity contribution in [2.24, 2.45) is 5.41 Å². The Balaban J connectivity index is 2.06. The summed E-state index contributed by atoms with van der Waals surface area (Å²) in [6.07, 6.45) is 4.75. The van der Waals surface area contributed by atoms with Crippen LogP contribution in [0.4, 0.5) is 0 Å². The number of rotatable bonds is 5. The van der Waals surface area contributed by atoms with Crippen LogP contribution in [-0.4, -0.2) is 31.0 Å². The molecule has 1 fully saturated rings. The van der Waals surface area contributed by atoms with Gasteiger partial charge in [0.05, 0.1) is 10.3 Å². The maximum atomic E-state index is 11.8. The number of carbonyl (C=O) groups is 1. The molecule has 0 atom stereocenters. The summed E-state index contributed by atoms with van der Waals surface area (Å²) in [4.78, 5) is 13.8. The molecule has 0 aliphatic heterocycles. The van der Waals surface area contributed by atoms with Crippen LogP contribution in [0.25, 0.3) is 0 Å². The number of aromatic nitrogens is 1. The van der Waals surface area contributed by atoms with E-state index in [4.69, 9.17) is 5.11 Å². The van der Waals surface area contributed by atoms with Crippen molar-refractivity contribution in [1.29, 1.82) is 0 Å². The van der Waals surface area contributed by atoms with Crippen molar-refractivity contribution in [2.75, 3.05) is 6.54 Å². The molecular weight excluding hydrogens is 244 g/mol. The number of hydrogen-bond acceptors (Lipinski definition) is 3. The lowest BCUT2D eigenvalue weighted by atomic mass is 9.69. The average molecular weight is 258 g/mol. The Bertz CT molecular complexity index is 502. The van der Waals surface area contributed by atoms with Gasteiger partial charge in [0.1, 0.15) is 0 Å². The second-order valence-electron chi connectivity index (χ2n) is 4.31. The Morgan fingerprint density at radius 1 is 1.53 bits per heavy atom. The highest BCUT2D eigenvalue weighted by molar-refractivity contribution is 7.89. The molecule has 2 rings (SSSR count). The summed E-state index contributed by atoms with van der Waals surface area (Å²) >= 11 is 0. The topological polar surface area (TPSA) is 99.3 Å². The van der Waals surface area contributed by atoms with Crippen molar-refractivity contribution in [3.8, 4) is 0 Å². The van der Waals surface area contributed by atoms with Crippen molar-refractivity contribution < 1.29 is 18.3 Å². The smallest absolute Gasteiger partial charge is 0.310 e. The molecule has 1 aliphatic rings. The van der Waals surface area contributed by atoms with Gasteiger partial charge in [-0.3, -0.25) is 4.79 Å². The molecule has 1 aromatic heterocycles. The molecule has 6 nitrogen and oxygen atoms in total. The van der Waals surface area contributed by atoms with E-state index in [1.165, 1.54) is 18.5 Å². The van der Waals surface area contributed by atoms with Gasteiger partial charge < -0.3 is 10.1 Å². The molecule has 7 heteroatoms. The number of carboxylic acid groups (broad SMARTS) is 1. The molecular formula is C10H14N2O4S. The predicted octanol–water partition coefficient (Wildman–Crippen LogP) is 0.548. The van der Waals surface area contributed by atoms with Crippen molar-refractivity contribution in [3.05, 3.63) is 18.5 Å². The molecule has 0 aromatic carbocycles. The van der Waals surface area contributed by atoms with E-state index >= 15 is 0 Å². The summed E-state index contributed by atoms with van der Waals surface area (Å²) in [6, 6.07) is 1.43. The molecule has 0 bridgehead atoms. The summed E-state index contributed by atoms with van der Waals surface area (Å²) in [5.41, 5.74) is -0.913. The Hall–Kier alpha value is -1.34. The first kappa shape index (κ1) is 12.1. The van der Waals surface area contributed by atoms with E-state index < -0.39 is 21.4 Å². The molecule has 94 valence electrons. The summed E-state index contributed by atoms with van der Waals surface area (Å²) in [5.74, 6) is -0.930. The Kier molecular flexibility index (Phi) is 2.96. The summed E-state index contributed by atoms with van der Waals surface area (Å²) in [6.45, 7) is -0.0458. The molecule has 1 saturated carbocycles. The van der Waals surface area contributed by atoms with E-state index in [2.05, 4.69) is 9.71 Å². The normalized spacial score (nSPS) is 18.6. The summed E-state index contributed by atoms with van der Waals surface area (Å²) in [7, 11) is -3.60. The number of nitrogens with one attached hydrogen (secondary N) is 2. The SMILES string of the molecule is O=C(O)C1(CNS(=O)(=O)c2cc[nH]c2)CCC1. The molecule has 3 N–H and O–H groups in total. The molecule has 0 radical (unpaired) electrons. The molecule has 0 saturated heterocycles. The zero-order valence-corrected chi connectivity index (χ0v) is 9.96. The van der Waals surface area contributed by atoms with Gasteiger partial charge in [-0.2, -0.15) is 0 Å². The van der Waals surface area contributed by atoms with Crippen LogP contribution in [0.1, 0.15) is 19.3 Å². The first-order valence-corrected chi connectivity index (χ1v) is 6.80. The van der Waals surface area contributed by atoms with E-state index in [-0.39, 0.29) is 11.4 Å². The molecule has 0 unspecified atom stereocenters. The Morgan fingerprint density at radius 3 is 2.65 bits per heavy atom. The maximum Gasteiger partial charge on any atom is 0.310 e. The van der Waals surface area contributed by atoms with Gasteiger partial charge in [-0.25, -0.2) is 13.1 Å². The second kappa shape index (κ2) is 4.15. The first-order valence-electron chi connectivity index (χ1n) is 5.32. The fraction of sp³-hybridized carbons (Fsp3) is 0.500. The zero-order chi connectivity index (χ0) is 12.5. The monoisotopic (exact) mass is 258 g/mol. The van der Waals surface area contributed by atoms with Gasteiger partial charge >= 0.3 is 5.97 Å². The van der Waals surface area contributed by atoms with Crippen LogP contribution in [-0.2, 0) is 14.8 Å². The fourth-order valence-electron chi connectivity index (χ4n) is 1.86. The lowest BCUT2D eigenvalue weighted by Crippen LogP contribution is -2.47. The fourth-order valence-corrected chi connectivity index (χ4v) is 2.97. The third-order valence-electron chi connectivity index (χ3n) is 3.24. The van der Waals surface area contributed by atoms with Gasteiger partial charge in [0.15, 0.2) is 0 Å². The number of carboxylic acids is 1. The van der Waals surface area contributed by atoms with Crippen molar-refractivity contribution >= 4 is 16.0 Å². The van der Waals surface area contributed by atoms with E-state index in [0.29, 0.717) is 12.8 Å². The number of hydrogen-bond donors (Lipinski definition) is 3. The van der Waals surface area contributed by atoms with E-state index in [1.54, 1.807) is 0 Å². The van der Waals surface area contributed by atoms with Gasteiger partial charge in [0.25, 0.3) is 0 Å². The molecule has 17 heavy (non-hydrogen) atoms. The largest absolute Gasteiger partial charge is 0.481 e. The van der Waals surface area contributed by atoms with Crippen LogP contribution in [0, 0.1) is 5.41 Å². The summed E-state index contributed by atoms with van der Waals surface area (Å²) in [5, 5.41) is 9.07. The highest BCUT2D eigenvalue weighted by Crippen LogP contribution is 2.40. The molecule has 0 amide bonds. The van der Waals surface area contributed by atoms with Crippen LogP contribution in [0.15, 0.2) is 23.4 Å². The van der Waals surface area contributed by atoms with Gasteiger partial charge in [-0.1, -0.05) is 6.42 Å². The van der Waals surface area contributed by atoms with Gasteiger partial charge in [0.2, 0.25) is 10.0 Å². The van der Waals surface area contributed by atoms with E-state index in [1.807, 2.05) is 0 Å². The van der Waals surface area contributed by atoms with Crippen LogP contribution < -0.4 is 4.72 Å². The lowest BCUT2D eigenvalue weighted by Gasteiger charge is -2.37. The van der Waals surface area contributed by atoms with Crippen LogP contribution in [0.2, 0.25) is 0 Å². The molecule has 1 aliphatic carbocycles. The minimum atomic E-state index is -3.60. The molecule has 1 aromatic rings. The number of aromatic amines is 1. The van der Waals surface area contributed by atoms with Crippen LogP contribution >= 0.6 is 0 Å². The van der Waals surface area contributed by atoms with E-state index in [0.717, 1.165) is 6.42 Å². The third kappa shape index (κ3) is 2.20. The van der Waals surface area contributed by atoms with Crippen LogP contribution in [0.3, 0.4) is 0 Å². The van der Waals surface area contributed by atoms with Gasteiger partial charge in [0, 0.05) is 18.9 Å². The average Bonchev–Trinajstić information content (AvgIpc) is 2.68. The standard InChI is InChI=1S/C10H14N2O4S/c13-9(14)10(3-1-4-10)7-12-17(15,16)8-2-5-11-6-8/h2,5-6,11-12H,1,3-4,7H2,(H,13,14). The molecule has 1 heterocycles.